The number of amides is 1. The van der Waals surface area contributed by atoms with Gasteiger partial charge in [-0.3, -0.25) is 4.79 Å². The standard InChI is InChI=1S/C11H14N2O7/c1-11(2)19-9(17)5(10(18)20-11)4-13-6(8(15)16)3-7(12)14/h4,6,13H,3H2,1-2H3,(H2,12,14)(H,15,16)/t6-/m1/s1. The molecule has 0 aromatic rings. The lowest BCUT2D eigenvalue weighted by Crippen LogP contribution is -2.43. The second-order valence-electron chi connectivity index (χ2n) is 4.46. The van der Waals surface area contributed by atoms with Crippen LogP contribution in [0.25, 0.3) is 0 Å². The molecule has 0 saturated carbocycles. The summed E-state index contributed by atoms with van der Waals surface area (Å²) >= 11 is 0. The van der Waals surface area contributed by atoms with Gasteiger partial charge in [-0.05, 0) is 0 Å². The van der Waals surface area contributed by atoms with Crippen LogP contribution in [0.3, 0.4) is 0 Å². The lowest BCUT2D eigenvalue weighted by Gasteiger charge is -2.29. The normalized spacial score (nSPS) is 18.6. The Morgan fingerprint density at radius 1 is 1.35 bits per heavy atom. The largest absolute Gasteiger partial charge is 0.480 e. The van der Waals surface area contributed by atoms with Crippen LogP contribution in [0.4, 0.5) is 0 Å². The first-order valence-electron chi connectivity index (χ1n) is 5.56. The summed E-state index contributed by atoms with van der Waals surface area (Å²) in [6.07, 6.45) is 0.330. The van der Waals surface area contributed by atoms with E-state index in [0.29, 0.717) is 0 Å². The molecule has 0 bridgehead atoms. The minimum atomic E-state index is -1.38. The number of carbonyl (C=O) groups is 4. The van der Waals surface area contributed by atoms with E-state index in [1.54, 1.807) is 0 Å². The molecule has 9 nitrogen and oxygen atoms in total. The molecule has 110 valence electrons. The van der Waals surface area contributed by atoms with Crippen LogP contribution in [0, 0.1) is 0 Å². The van der Waals surface area contributed by atoms with E-state index in [2.05, 4.69) is 5.32 Å². The fourth-order valence-corrected chi connectivity index (χ4v) is 1.38. The van der Waals surface area contributed by atoms with E-state index in [9.17, 15) is 19.2 Å². The molecule has 1 rings (SSSR count). The molecular weight excluding hydrogens is 272 g/mol. The topological polar surface area (TPSA) is 145 Å². The number of cyclic esters (lactones) is 2. The van der Waals surface area contributed by atoms with Crippen LogP contribution in [0.2, 0.25) is 0 Å². The van der Waals surface area contributed by atoms with Crippen LogP contribution >= 0.6 is 0 Å². The van der Waals surface area contributed by atoms with Crippen LogP contribution < -0.4 is 11.1 Å². The zero-order valence-corrected chi connectivity index (χ0v) is 10.8. The number of nitrogens with one attached hydrogen (secondary N) is 1. The Morgan fingerprint density at radius 3 is 2.25 bits per heavy atom. The fourth-order valence-electron chi connectivity index (χ4n) is 1.38. The van der Waals surface area contributed by atoms with Crippen molar-refractivity contribution >= 4 is 23.8 Å². The molecule has 9 heteroatoms. The Hall–Kier alpha value is -2.58. The molecule has 0 radical (unpaired) electrons. The SMILES string of the molecule is CC1(C)OC(=O)C(=CN[C@H](CC(N)=O)C(=O)O)C(=O)O1. The van der Waals surface area contributed by atoms with E-state index in [1.165, 1.54) is 13.8 Å². The fraction of sp³-hybridized carbons (Fsp3) is 0.455. The molecule has 4 N–H and O–H groups in total. The highest BCUT2D eigenvalue weighted by Crippen LogP contribution is 2.22. The van der Waals surface area contributed by atoms with Crippen molar-refractivity contribution in [1.29, 1.82) is 0 Å². The van der Waals surface area contributed by atoms with Gasteiger partial charge < -0.3 is 25.6 Å². The van der Waals surface area contributed by atoms with Gasteiger partial charge in [0.05, 0.1) is 6.42 Å². The molecule has 0 aromatic carbocycles. The number of hydrogen-bond donors (Lipinski definition) is 3. The Morgan fingerprint density at radius 2 is 1.85 bits per heavy atom. The van der Waals surface area contributed by atoms with Crippen molar-refractivity contribution in [2.24, 2.45) is 5.73 Å². The highest BCUT2D eigenvalue weighted by Gasteiger charge is 2.39. The zero-order valence-electron chi connectivity index (χ0n) is 10.8. The minimum absolute atomic E-state index is 0.500. The molecule has 0 aliphatic carbocycles. The molecule has 20 heavy (non-hydrogen) atoms. The van der Waals surface area contributed by atoms with E-state index in [-0.39, 0.29) is 0 Å². The molecule has 0 unspecified atom stereocenters. The van der Waals surface area contributed by atoms with Gasteiger partial charge in [-0.25, -0.2) is 14.4 Å². The maximum atomic E-state index is 11.6. The molecule has 1 atom stereocenters. The van der Waals surface area contributed by atoms with E-state index in [1.807, 2.05) is 0 Å². The van der Waals surface area contributed by atoms with Crippen LogP contribution in [0.15, 0.2) is 11.8 Å². The summed E-state index contributed by atoms with van der Waals surface area (Å²) < 4.78 is 9.60. The van der Waals surface area contributed by atoms with E-state index in [0.717, 1.165) is 6.20 Å². The maximum absolute atomic E-state index is 11.6. The number of nitrogens with two attached hydrogens (primary N) is 1. The second kappa shape index (κ2) is 5.59. The van der Waals surface area contributed by atoms with Crippen LogP contribution in [-0.4, -0.2) is 40.8 Å². The van der Waals surface area contributed by atoms with Gasteiger partial charge in [-0.1, -0.05) is 0 Å². The van der Waals surface area contributed by atoms with Crippen molar-refractivity contribution in [2.45, 2.75) is 32.1 Å². The van der Waals surface area contributed by atoms with E-state index >= 15 is 0 Å². The predicted molar refractivity (Wildman–Crippen MR) is 62.7 cm³/mol. The first-order chi connectivity index (χ1) is 9.12. The van der Waals surface area contributed by atoms with Crippen LogP contribution in [0.1, 0.15) is 20.3 Å². The summed E-state index contributed by atoms with van der Waals surface area (Å²) in [7, 11) is 0. The Labute approximate surface area is 113 Å². The molecule has 1 amide bonds. The monoisotopic (exact) mass is 286 g/mol. The number of carboxylic acids is 1. The van der Waals surface area contributed by atoms with Crippen molar-refractivity contribution in [1.82, 2.24) is 5.32 Å². The first kappa shape index (κ1) is 15.5. The molecular formula is C11H14N2O7. The quantitative estimate of drug-likeness (QED) is 0.318. The molecule has 1 aliphatic heterocycles. The molecule has 1 aliphatic rings. The third kappa shape index (κ3) is 3.97. The molecule has 1 fully saturated rings. The van der Waals surface area contributed by atoms with Gasteiger partial charge in [0, 0.05) is 20.0 Å². The van der Waals surface area contributed by atoms with Crippen molar-refractivity contribution in [3.8, 4) is 0 Å². The van der Waals surface area contributed by atoms with E-state index in [4.69, 9.17) is 20.3 Å². The third-order valence-corrected chi connectivity index (χ3v) is 2.25. The van der Waals surface area contributed by atoms with Crippen molar-refractivity contribution in [3.05, 3.63) is 11.8 Å². The Balaban J connectivity index is 2.83. The van der Waals surface area contributed by atoms with Gasteiger partial charge in [-0.2, -0.15) is 0 Å². The zero-order chi connectivity index (χ0) is 15.5. The van der Waals surface area contributed by atoms with Gasteiger partial charge >= 0.3 is 17.9 Å². The summed E-state index contributed by atoms with van der Waals surface area (Å²) in [5.41, 5.74) is 4.38. The number of aliphatic carboxylic acids is 1. The highest BCUT2D eigenvalue weighted by atomic mass is 16.7. The van der Waals surface area contributed by atoms with Crippen molar-refractivity contribution in [3.63, 3.8) is 0 Å². The number of carboxylic acid groups (broad SMARTS) is 1. The average Bonchev–Trinajstić information content (AvgIpc) is 2.23. The van der Waals surface area contributed by atoms with Gasteiger partial charge in [0.1, 0.15) is 6.04 Å². The van der Waals surface area contributed by atoms with Crippen molar-refractivity contribution in [2.75, 3.05) is 0 Å². The van der Waals surface area contributed by atoms with Gasteiger partial charge in [0.25, 0.3) is 5.79 Å². The number of rotatable bonds is 5. The summed E-state index contributed by atoms with van der Waals surface area (Å²) in [6.45, 7) is 2.75. The van der Waals surface area contributed by atoms with Crippen LogP contribution in [-0.2, 0) is 28.7 Å². The third-order valence-electron chi connectivity index (χ3n) is 2.25. The van der Waals surface area contributed by atoms with Gasteiger partial charge in [-0.15, -0.1) is 0 Å². The van der Waals surface area contributed by atoms with E-state index < -0.39 is 47.6 Å². The van der Waals surface area contributed by atoms with Crippen LogP contribution in [0.5, 0.6) is 0 Å². The Bertz CT molecular complexity index is 473. The summed E-state index contributed by atoms with van der Waals surface area (Å²) in [6, 6.07) is -1.37. The number of carbonyl (C=O) groups excluding carboxylic acids is 3. The van der Waals surface area contributed by atoms with Crippen molar-refractivity contribution < 1.29 is 33.8 Å². The second-order valence-corrected chi connectivity index (χ2v) is 4.46. The molecule has 1 saturated heterocycles. The lowest BCUT2D eigenvalue weighted by molar-refractivity contribution is -0.222. The molecule has 1 heterocycles. The number of ether oxygens (including phenoxy) is 2. The van der Waals surface area contributed by atoms with Gasteiger partial charge in [0.2, 0.25) is 5.91 Å². The summed E-state index contributed by atoms with van der Waals surface area (Å²) in [4.78, 5) is 44.6. The van der Waals surface area contributed by atoms with Gasteiger partial charge in [0.15, 0.2) is 5.57 Å². The number of primary amides is 1. The summed E-state index contributed by atoms with van der Waals surface area (Å²) in [5, 5.41) is 11.1. The summed E-state index contributed by atoms with van der Waals surface area (Å²) in [5.74, 6) is -5.51. The number of esters is 2. The Kier molecular flexibility index (Phi) is 4.33. The maximum Gasteiger partial charge on any atom is 0.350 e. The molecule has 0 aromatic heterocycles. The highest BCUT2D eigenvalue weighted by molar-refractivity contribution is 6.15. The predicted octanol–water partition coefficient (Wildman–Crippen LogP) is -1.38. The lowest BCUT2D eigenvalue weighted by atomic mass is 10.2. The molecule has 0 spiro atoms. The average molecular weight is 286 g/mol. The minimum Gasteiger partial charge on any atom is -0.480 e. The smallest absolute Gasteiger partial charge is 0.350 e. The number of hydrogen-bond acceptors (Lipinski definition) is 7. The first-order valence-corrected chi connectivity index (χ1v) is 5.56.